The summed E-state index contributed by atoms with van der Waals surface area (Å²) in [6.45, 7) is 3.92. The molecule has 4 heterocycles. The van der Waals surface area contributed by atoms with E-state index in [9.17, 15) is 4.39 Å². The maximum Gasteiger partial charge on any atom is 0.163 e. The van der Waals surface area contributed by atoms with Crippen LogP contribution in [-0.2, 0) is 15.9 Å². The highest BCUT2D eigenvalue weighted by molar-refractivity contribution is 6.33. The van der Waals surface area contributed by atoms with Crippen molar-refractivity contribution in [1.29, 1.82) is 0 Å². The summed E-state index contributed by atoms with van der Waals surface area (Å²) in [6, 6.07) is 7.04. The Hall–Kier alpha value is -3.01. The number of hydrogen-bond donors (Lipinski definition) is 2. The van der Waals surface area contributed by atoms with Gasteiger partial charge in [-0.1, -0.05) is 11.6 Å². The lowest BCUT2D eigenvalue weighted by atomic mass is 9.91. The second kappa shape index (κ2) is 7.27. The van der Waals surface area contributed by atoms with E-state index in [4.69, 9.17) is 32.5 Å². The molecule has 8 nitrogen and oxygen atoms in total. The summed E-state index contributed by atoms with van der Waals surface area (Å²) < 4.78 is 30.0. The van der Waals surface area contributed by atoms with Gasteiger partial charge in [-0.05, 0) is 68.9 Å². The zero-order chi connectivity index (χ0) is 25.0. The van der Waals surface area contributed by atoms with Crippen LogP contribution in [0.4, 0.5) is 16.0 Å². The Bertz CT molecular complexity index is 1560. The first-order valence-electron chi connectivity index (χ1n) is 12.1. The number of nitrogen functional groups attached to an aromatic ring is 2. The molecule has 36 heavy (non-hydrogen) atoms. The molecule has 2 aliphatic carbocycles. The molecule has 2 saturated carbocycles. The highest BCUT2D eigenvalue weighted by atomic mass is 35.5. The van der Waals surface area contributed by atoms with Crippen LogP contribution < -0.4 is 11.5 Å². The van der Waals surface area contributed by atoms with E-state index in [1.165, 1.54) is 12.4 Å². The Morgan fingerprint density at radius 2 is 1.97 bits per heavy atom. The molecule has 1 aliphatic heterocycles. The number of nitrogens with zero attached hydrogens (tertiary/aromatic N) is 4. The second-order valence-electron chi connectivity index (χ2n) is 10.8. The van der Waals surface area contributed by atoms with Gasteiger partial charge in [-0.25, -0.2) is 19.3 Å². The summed E-state index contributed by atoms with van der Waals surface area (Å²) in [7, 11) is 0. The number of benzene rings is 1. The lowest BCUT2D eigenvalue weighted by Crippen LogP contribution is -2.32. The number of aromatic nitrogens is 4. The molecule has 4 aromatic rings. The van der Waals surface area contributed by atoms with Crippen molar-refractivity contribution in [2.45, 2.75) is 57.1 Å². The van der Waals surface area contributed by atoms with Crippen LogP contribution in [0.5, 0.6) is 0 Å². The van der Waals surface area contributed by atoms with Crippen molar-refractivity contribution >= 4 is 45.2 Å². The molecular formula is C26H26ClFN6O2. The van der Waals surface area contributed by atoms with E-state index in [2.05, 4.69) is 19.5 Å². The average Bonchev–Trinajstić information content (AvgIpc) is 3.08. The van der Waals surface area contributed by atoms with Crippen LogP contribution in [0.25, 0.3) is 21.9 Å². The first-order valence-corrected chi connectivity index (χ1v) is 12.5. The number of aryl methyl sites for hydroxylation is 1. The van der Waals surface area contributed by atoms with Gasteiger partial charge in [0.25, 0.3) is 0 Å². The van der Waals surface area contributed by atoms with Crippen LogP contribution in [-0.4, -0.2) is 37.5 Å². The standard InChI is InChI=1S/C26H26ClFN6O2/c1-25(2)35-20-19(34-6-4-13-22(29)31-11-32-24(13)34)15-10-26(15,21(20)36-25)5-3-12-7-17(28)14-9-16(27)23(30)33-18(14)8-12/h4,6-9,11,15,19-21H,3,5,10H2,1-2H3,(H2,30,33)(H2,29,31,32)/t15-,19+,20+,21-,26+/m0/s1. The number of rotatable bonds is 4. The van der Waals surface area contributed by atoms with Crippen molar-refractivity contribution in [2.24, 2.45) is 11.3 Å². The maximum absolute atomic E-state index is 14.9. The number of pyridine rings is 1. The van der Waals surface area contributed by atoms with Gasteiger partial charge in [-0.15, -0.1) is 0 Å². The Morgan fingerprint density at radius 3 is 2.81 bits per heavy atom. The molecular weight excluding hydrogens is 483 g/mol. The van der Waals surface area contributed by atoms with Gasteiger partial charge in [-0.3, -0.25) is 0 Å². The summed E-state index contributed by atoms with van der Waals surface area (Å²) in [6.07, 6.45) is 5.90. The first kappa shape index (κ1) is 22.2. The third kappa shape index (κ3) is 3.09. The van der Waals surface area contributed by atoms with E-state index in [-0.39, 0.29) is 40.3 Å². The van der Waals surface area contributed by atoms with Gasteiger partial charge in [0, 0.05) is 17.0 Å². The highest BCUT2D eigenvalue weighted by Gasteiger charge is 2.75. The van der Waals surface area contributed by atoms with Gasteiger partial charge in [0.1, 0.15) is 35.5 Å². The van der Waals surface area contributed by atoms with Crippen LogP contribution in [0.15, 0.2) is 36.8 Å². The van der Waals surface area contributed by atoms with Gasteiger partial charge in [0.2, 0.25) is 0 Å². The minimum atomic E-state index is -0.680. The van der Waals surface area contributed by atoms with E-state index in [1.54, 1.807) is 6.07 Å². The third-order valence-electron chi connectivity index (χ3n) is 8.29. The van der Waals surface area contributed by atoms with Crippen LogP contribution in [0.2, 0.25) is 5.02 Å². The van der Waals surface area contributed by atoms with Crippen molar-refractivity contribution in [3.63, 3.8) is 0 Å². The Morgan fingerprint density at radius 1 is 1.14 bits per heavy atom. The van der Waals surface area contributed by atoms with Crippen LogP contribution >= 0.6 is 11.6 Å². The van der Waals surface area contributed by atoms with Crippen molar-refractivity contribution in [1.82, 2.24) is 19.5 Å². The van der Waals surface area contributed by atoms with Crippen molar-refractivity contribution in [3.8, 4) is 0 Å². The lowest BCUT2D eigenvalue weighted by Gasteiger charge is -2.24. The molecule has 0 unspecified atom stereocenters. The monoisotopic (exact) mass is 508 g/mol. The van der Waals surface area contributed by atoms with Crippen LogP contribution in [0.3, 0.4) is 0 Å². The van der Waals surface area contributed by atoms with Gasteiger partial charge in [0.05, 0.1) is 28.1 Å². The normalized spacial score (nSPS) is 30.1. The number of ether oxygens (including phenoxy) is 2. The fourth-order valence-electron chi connectivity index (χ4n) is 6.66. The smallest absolute Gasteiger partial charge is 0.163 e. The van der Waals surface area contributed by atoms with Gasteiger partial charge >= 0.3 is 0 Å². The summed E-state index contributed by atoms with van der Waals surface area (Å²) >= 11 is 6.05. The van der Waals surface area contributed by atoms with Crippen LogP contribution in [0, 0.1) is 17.2 Å². The van der Waals surface area contributed by atoms with Gasteiger partial charge < -0.3 is 25.5 Å². The summed E-state index contributed by atoms with van der Waals surface area (Å²) in [5.74, 6) is -0.00544. The Balaban J connectivity index is 1.22. The van der Waals surface area contributed by atoms with Gasteiger partial charge in [-0.2, -0.15) is 0 Å². The molecule has 1 aromatic carbocycles. The number of nitrogens with two attached hydrogens (primary N) is 2. The average molecular weight is 509 g/mol. The van der Waals surface area contributed by atoms with Crippen molar-refractivity contribution in [2.75, 3.05) is 11.5 Å². The Kier molecular flexibility index (Phi) is 4.49. The first-order chi connectivity index (χ1) is 17.2. The number of fused-ring (bicyclic) bond motifs is 5. The lowest BCUT2D eigenvalue weighted by molar-refractivity contribution is -0.161. The molecule has 186 valence electrons. The van der Waals surface area contributed by atoms with Crippen molar-refractivity contribution < 1.29 is 13.9 Å². The third-order valence-corrected chi connectivity index (χ3v) is 8.59. The highest BCUT2D eigenvalue weighted by Crippen LogP contribution is 2.73. The van der Waals surface area contributed by atoms with E-state index < -0.39 is 5.79 Å². The molecule has 0 radical (unpaired) electrons. The molecule has 1 saturated heterocycles. The van der Waals surface area contributed by atoms with E-state index >= 15 is 0 Å². The fraction of sp³-hybridized carbons (Fsp3) is 0.423. The molecule has 0 bridgehead atoms. The predicted molar refractivity (Wildman–Crippen MR) is 135 cm³/mol. The zero-order valence-electron chi connectivity index (χ0n) is 19.9. The van der Waals surface area contributed by atoms with Crippen molar-refractivity contribution in [3.05, 3.63) is 53.2 Å². The summed E-state index contributed by atoms with van der Waals surface area (Å²) in [5, 5.41) is 1.46. The maximum atomic E-state index is 14.9. The zero-order valence-corrected chi connectivity index (χ0v) is 20.7. The Labute approximate surface area is 211 Å². The van der Waals surface area contributed by atoms with Gasteiger partial charge in [0.15, 0.2) is 5.79 Å². The van der Waals surface area contributed by atoms with Crippen LogP contribution in [0.1, 0.15) is 38.3 Å². The van der Waals surface area contributed by atoms with E-state index in [0.717, 1.165) is 29.4 Å². The van der Waals surface area contributed by atoms with E-state index in [0.29, 0.717) is 29.1 Å². The topological polar surface area (TPSA) is 114 Å². The predicted octanol–water partition coefficient (Wildman–Crippen LogP) is 4.65. The molecule has 3 aromatic heterocycles. The molecule has 3 aliphatic rings. The molecule has 10 heteroatoms. The largest absolute Gasteiger partial charge is 0.383 e. The van der Waals surface area contributed by atoms with E-state index in [1.807, 2.05) is 32.2 Å². The molecule has 0 amide bonds. The minimum Gasteiger partial charge on any atom is -0.383 e. The quantitative estimate of drug-likeness (QED) is 0.412. The number of halogens is 2. The molecule has 7 rings (SSSR count). The summed E-state index contributed by atoms with van der Waals surface area (Å²) in [4.78, 5) is 12.9. The minimum absolute atomic E-state index is 0.0583. The molecule has 4 N–H and O–H groups in total. The second-order valence-corrected chi connectivity index (χ2v) is 11.2. The summed E-state index contributed by atoms with van der Waals surface area (Å²) in [5.41, 5.74) is 14.1. The number of anilines is 2. The fourth-order valence-corrected chi connectivity index (χ4v) is 6.81. The number of hydrogen-bond acceptors (Lipinski definition) is 7. The molecule has 3 fully saturated rings. The SMILES string of the molecule is CC1(C)O[C@@H]2[C@H](n3ccc4c(N)ncnc43)[C@@H]3C[C@@]3(CCc3cc(F)c4cc(Cl)c(N)nc4c3)[C@H]2O1. The molecule has 0 spiro atoms. The molecule has 5 atom stereocenters.